The van der Waals surface area contributed by atoms with Gasteiger partial charge >= 0.3 is 0 Å². The van der Waals surface area contributed by atoms with Crippen molar-refractivity contribution in [2.45, 2.75) is 25.0 Å². The number of benzene rings is 1. The van der Waals surface area contributed by atoms with Crippen molar-refractivity contribution < 1.29 is 9.59 Å². The van der Waals surface area contributed by atoms with E-state index in [0.29, 0.717) is 43.5 Å². The predicted octanol–water partition coefficient (Wildman–Crippen LogP) is 1.72. The zero-order valence-corrected chi connectivity index (χ0v) is 17.1. The van der Waals surface area contributed by atoms with Gasteiger partial charge in [0.25, 0.3) is 0 Å². The first-order valence-corrected chi connectivity index (χ1v) is 10.5. The van der Waals surface area contributed by atoms with Crippen LogP contribution in [0.3, 0.4) is 0 Å². The van der Waals surface area contributed by atoms with Gasteiger partial charge < -0.3 is 21.7 Å². The third kappa shape index (κ3) is 5.80. The number of nitrogens with two attached hydrogens (primary N) is 2. The number of rotatable bonds is 7. The number of carbonyl (C=O) groups is 2. The molecule has 3 rings (SSSR count). The van der Waals surface area contributed by atoms with E-state index in [4.69, 9.17) is 11.5 Å². The number of para-hydroxylation sites is 1. The fourth-order valence-corrected chi connectivity index (χ4v) is 3.90. The average molecular weight is 416 g/mol. The Morgan fingerprint density at radius 2 is 1.90 bits per heavy atom. The van der Waals surface area contributed by atoms with Crippen molar-refractivity contribution in [3.05, 3.63) is 36.2 Å². The number of hydrogen-bond donors (Lipinski definition) is 3. The number of anilines is 3. The van der Waals surface area contributed by atoms with E-state index in [1.807, 2.05) is 37.3 Å². The van der Waals surface area contributed by atoms with E-state index in [-0.39, 0.29) is 28.9 Å². The van der Waals surface area contributed by atoms with Gasteiger partial charge in [0.05, 0.1) is 11.0 Å². The maximum atomic E-state index is 12.5. The number of piperidine rings is 1. The lowest BCUT2D eigenvalue weighted by Gasteiger charge is -2.30. The summed E-state index contributed by atoms with van der Waals surface area (Å²) < 4.78 is 0. The Morgan fingerprint density at radius 1 is 1.21 bits per heavy atom. The third-order valence-corrected chi connectivity index (χ3v) is 5.89. The van der Waals surface area contributed by atoms with Crippen LogP contribution in [0.5, 0.6) is 0 Å². The maximum Gasteiger partial charge on any atom is 0.232 e. The van der Waals surface area contributed by atoms with Gasteiger partial charge in [-0.1, -0.05) is 18.2 Å². The van der Waals surface area contributed by atoms with Crippen LogP contribution < -0.4 is 16.8 Å². The molecule has 1 fully saturated rings. The Hall–Kier alpha value is -2.88. The minimum absolute atomic E-state index is 0.0365. The molecule has 1 aliphatic rings. The van der Waals surface area contributed by atoms with Gasteiger partial charge in [-0.2, -0.15) is 15.0 Å². The van der Waals surface area contributed by atoms with E-state index in [0.717, 1.165) is 5.69 Å². The molecule has 2 aromatic rings. The molecule has 5 N–H and O–H groups in total. The van der Waals surface area contributed by atoms with Crippen LogP contribution in [0.15, 0.2) is 30.3 Å². The van der Waals surface area contributed by atoms with Crippen LogP contribution in [0.25, 0.3) is 0 Å². The molecular weight excluding hydrogens is 390 g/mol. The number of aromatic nitrogens is 3. The van der Waals surface area contributed by atoms with Gasteiger partial charge in [0.15, 0.2) is 0 Å². The van der Waals surface area contributed by atoms with Crippen molar-refractivity contribution in [1.82, 2.24) is 19.9 Å². The van der Waals surface area contributed by atoms with Crippen LogP contribution in [0.2, 0.25) is 0 Å². The predicted molar refractivity (Wildman–Crippen MR) is 113 cm³/mol. The Morgan fingerprint density at radius 3 is 2.55 bits per heavy atom. The highest BCUT2D eigenvalue weighted by Crippen LogP contribution is 2.28. The van der Waals surface area contributed by atoms with E-state index < -0.39 is 0 Å². The van der Waals surface area contributed by atoms with E-state index in [2.05, 4.69) is 20.3 Å². The SMILES string of the molecule is CC(SCC(=O)N1CCC(C(N)=O)CC1)c1nc(N)nc(Nc2ccccc2)n1. The van der Waals surface area contributed by atoms with Crippen LogP contribution in [0.1, 0.15) is 30.8 Å². The van der Waals surface area contributed by atoms with Crippen LogP contribution >= 0.6 is 11.8 Å². The molecule has 1 saturated heterocycles. The first-order valence-electron chi connectivity index (χ1n) is 9.44. The molecule has 1 aliphatic heterocycles. The van der Waals surface area contributed by atoms with Crippen molar-refractivity contribution >= 4 is 41.2 Å². The monoisotopic (exact) mass is 415 g/mol. The number of nitrogens with one attached hydrogen (secondary N) is 1. The van der Waals surface area contributed by atoms with Crippen LogP contribution in [-0.4, -0.2) is 50.5 Å². The van der Waals surface area contributed by atoms with Gasteiger partial charge in [-0.15, -0.1) is 11.8 Å². The van der Waals surface area contributed by atoms with Crippen molar-refractivity contribution in [2.24, 2.45) is 11.7 Å². The summed E-state index contributed by atoms with van der Waals surface area (Å²) in [7, 11) is 0. The number of hydrogen-bond acceptors (Lipinski definition) is 8. The molecule has 0 bridgehead atoms. The van der Waals surface area contributed by atoms with E-state index in [1.165, 1.54) is 11.8 Å². The van der Waals surface area contributed by atoms with Crippen LogP contribution in [-0.2, 0) is 9.59 Å². The molecule has 0 spiro atoms. The molecule has 0 saturated carbocycles. The van der Waals surface area contributed by atoms with E-state index >= 15 is 0 Å². The molecule has 1 aromatic heterocycles. The second-order valence-electron chi connectivity index (χ2n) is 6.88. The highest BCUT2D eigenvalue weighted by atomic mass is 32.2. The highest BCUT2D eigenvalue weighted by molar-refractivity contribution is 8.00. The average Bonchev–Trinajstić information content (AvgIpc) is 2.72. The summed E-state index contributed by atoms with van der Waals surface area (Å²) in [5.41, 5.74) is 12.0. The fourth-order valence-electron chi connectivity index (χ4n) is 3.07. The summed E-state index contributed by atoms with van der Waals surface area (Å²) in [5.74, 6) is 0.930. The minimum atomic E-state index is -0.285. The molecule has 1 atom stereocenters. The topological polar surface area (TPSA) is 140 Å². The number of nitrogens with zero attached hydrogens (tertiary/aromatic N) is 4. The zero-order valence-electron chi connectivity index (χ0n) is 16.2. The molecule has 9 nitrogen and oxygen atoms in total. The lowest BCUT2D eigenvalue weighted by molar-refractivity contribution is -0.132. The summed E-state index contributed by atoms with van der Waals surface area (Å²) in [6.07, 6.45) is 1.25. The second kappa shape index (κ2) is 9.55. The van der Waals surface area contributed by atoms with Crippen molar-refractivity contribution in [1.29, 1.82) is 0 Å². The second-order valence-corrected chi connectivity index (χ2v) is 8.21. The molecule has 0 aliphatic carbocycles. The van der Waals surface area contributed by atoms with E-state index in [1.54, 1.807) is 4.90 Å². The number of primary amides is 1. The van der Waals surface area contributed by atoms with Crippen molar-refractivity contribution in [3.63, 3.8) is 0 Å². The zero-order chi connectivity index (χ0) is 20.8. The van der Waals surface area contributed by atoms with Gasteiger partial charge in [-0.25, -0.2) is 0 Å². The molecule has 154 valence electrons. The quantitative estimate of drug-likeness (QED) is 0.621. The lowest BCUT2D eigenvalue weighted by atomic mass is 9.96. The molecule has 2 heterocycles. The normalized spacial score (nSPS) is 15.7. The Kier molecular flexibility index (Phi) is 6.86. The van der Waals surface area contributed by atoms with Gasteiger partial charge in [-0.05, 0) is 31.9 Å². The van der Waals surface area contributed by atoms with Crippen molar-refractivity contribution in [2.75, 3.05) is 29.9 Å². The molecule has 29 heavy (non-hydrogen) atoms. The lowest BCUT2D eigenvalue weighted by Crippen LogP contribution is -2.42. The number of amides is 2. The molecule has 10 heteroatoms. The molecule has 2 amide bonds. The van der Waals surface area contributed by atoms with Gasteiger partial charge in [0.2, 0.25) is 23.7 Å². The Balaban J connectivity index is 1.56. The maximum absolute atomic E-state index is 12.5. The Bertz CT molecular complexity index is 857. The first-order chi connectivity index (χ1) is 13.9. The number of likely N-dealkylation sites (tertiary alicyclic amines) is 1. The van der Waals surface area contributed by atoms with E-state index in [9.17, 15) is 9.59 Å². The number of thioether (sulfide) groups is 1. The van der Waals surface area contributed by atoms with Gasteiger partial charge in [0, 0.05) is 24.7 Å². The fraction of sp³-hybridized carbons (Fsp3) is 0.421. The summed E-state index contributed by atoms with van der Waals surface area (Å²) in [6.45, 7) is 3.05. The van der Waals surface area contributed by atoms with Crippen molar-refractivity contribution in [3.8, 4) is 0 Å². The summed E-state index contributed by atoms with van der Waals surface area (Å²) in [6, 6.07) is 9.54. The number of carbonyl (C=O) groups excluding carboxylic acids is 2. The summed E-state index contributed by atoms with van der Waals surface area (Å²) in [4.78, 5) is 38.3. The molecule has 1 unspecified atom stereocenters. The van der Waals surface area contributed by atoms with Crippen LogP contribution in [0.4, 0.5) is 17.6 Å². The van der Waals surface area contributed by atoms with Gasteiger partial charge in [0.1, 0.15) is 5.82 Å². The Labute approximate surface area is 173 Å². The largest absolute Gasteiger partial charge is 0.369 e. The molecular formula is C19H25N7O2S. The summed E-state index contributed by atoms with van der Waals surface area (Å²) in [5, 5.41) is 2.97. The van der Waals surface area contributed by atoms with Crippen LogP contribution in [0, 0.1) is 5.92 Å². The third-order valence-electron chi connectivity index (χ3n) is 4.77. The first kappa shape index (κ1) is 20.8. The smallest absolute Gasteiger partial charge is 0.232 e. The standard InChI is InChI=1S/C19H25N7O2S/c1-12(29-11-15(27)26-9-7-13(8-10-26)16(20)28)17-23-18(21)25-19(24-17)22-14-5-3-2-4-6-14/h2-6,12-13H,7-11H2,1H3,(H2,20,28)(H3,21,22,23,24,25). The molecule has 1 aromatic carbocycles. The highest BCUT2D eigenvalue weighted by Gasteiger charge is 2.26. The van der Waals surface area contributed by atoms with Gasteiger partial charge in [-0.3, -0.25) is 9.59 Å². The summed E-state index contributed by atoms with van der Waals surface area (Å²) >= 11 is 1.44. The number of nitrogen functional groups attached to an aromatic ring is 1. The molecule has 0 radical (unpaired) electrons. The minimum Gasteiger partial charge on any atom is -0.369 e.